The van der Waals surface area contributed by atoms with E-state index in [1.165, 1.54) is 0 Å². The van der Waals surface area contributed by atoms with Gasteiger partial charge in [0.05, 0.1) is 17.3 Å². The lowest BCUT2D eigenvalue weighted by molar-refractivity contribution is 0.194. The van der Waals surface area contributed by atoms with Crippen molar-refractivity contribution in [3.63, 3.8) is 0 Å². The minimum absolute atomic E-state index is 0.0190. The second kappa shape index (κ2) is 8.46. The number of carbonyl (C=O) groups is 1. The number of fused-ring (bicyclic) bond motifs is 1. The number of carbonyl (C=O) groups excluding carboxylic acids is 1. The van der Waals surface area contributed by atoms with Crippen molar-refractivity contribution in [2.45, 2.75) is 26.7 Å². The molecule has 1 aliphatic heterocycles. The smallest absolute Gasteiger partial charge is 0.317 e. The molecule has 4 rings (SSSR count). The van der Waals surface area contributed by atoms with Gasteiger partial charge in [0.15, 0.2) is 5.65 Å². The van der Waals surface area contributed by atoms with Crippen LogP contribution in [0.5, 0.6) is 0 Å². The van der Waals surface area contributed by atoms with Crippen LogP contribution in [0.1, 0.15) is 26.1 Å². The van der Waals surface area contributed by atoms with Gasteiger partial charge in [0.2, 0.25) is 0 Å². The van der Waals surface area contributed by atoms with E-state index in [4.69, 9.17) is 9.97 Å². The molecule has 0 unspecified atom stereocenters. The third-order valence-electron chi connectivity index (χ3n) is 5.16. The maximum atomic E-state index is 12.2. The zero-order valence-corrected chi connectivity index (χ0v) is 17.0. The summed E-state index contributed by atoms with van der Waals surface area (Å²) < 4.78 is 1.87. The highest BCUT2D eigenvalue weighted by molar-refractivity contribution is 5.88. The number of aromatic nitrogens is 4. The number of rotatable bonds is 5. The van der Waals surface area contributed by atoms with Crippen molar-refractivity contribution < 1.29 is 4.79 Å². The number of benzene rings is 1. The Morgan fingerprint density at radius 1 is 1.07 bits per heavy atom. The van der Waals surface area contributed by atoms with E-state index in [1.54, 1.807) is 0 Å². The third kappa shape index (κ3) is 3.87. The fourth-order valence-electron chi connectivity index (χ4n) is 3.56. The SMILES string of the molecule is CCCNC(=O)N1CCN(c2nc(CC)nc3c2cnn3-c2ccccc2)CC1. The van der Waals surface area contributed by atoms with Crippen LogP contribution in [0.4, 0.5) is 10.6 Å². The Bertz CT molecular complexity index is 977. The van der Waals surface area contributed by atoms with Crippen LogP contribution in [0, 0.1) is 0 Å². The molecule has 1 N–H and O–H groups in total. The lowest BCUT2D eigenvalue weighted by atomic mass is 10.2. The molecule has 3 aromatic rings. The summed E-state index contributed by atoms with van der Waals surface area (Å²) in [4.78, 5) is 25.9. The fraction of sp³-hybridized carbons (Fsp3) is 0.429. The van der Waals surface area contributed by atoms with E-state index in [0.717, 1.165) is 54.3 Å². The second-order valence-corrected chi connectivity index (χ2v) is 7.15. The minimum Gasteiger partial charge on any atom is -0.352 e. The average Bonchev–Trinajstić information content (AvgIpc) is 3.21. The predicted molar refractivity (Wildman–Crippen MR) is 114 cm³/mol. The first-order chi connectivity index (χ1) is 14.2. The lowest BCUT2D eigenvalue weighted by Gasteiger charge is -2.35. The molecule has 0 saturated carbocycles. The number of hydrogen-bond acceptors (Lipinski definition) is 5. The van der Waals surface area contributed by atoms with Crippen molar-refractivity contribution >= 4 is 22.9 Å². The molecular formula is C21H27N7O. The summed E-state index contributed by atoms with van der Waals surface area (Å²) in [5.41, 5.74) is 1.80. The van der Waals surface area contributed by atoms with Gasteiger partial charge < -0.3 is 15.1 Å². The topological polar surface area (TPSA) is 79.2 Å². The molecule has 3 heterocycles. The first-order valence-corrected chi connectivity index (χ1v) is 10.3. The Kier molecular flexibility index (Phi) is 5.59. The van der Waals surface area contributed by atoms with Gasteiger partial charge in [-0.15, -0.1) is 0 Å². The first-order valence-electron chi connectivity index (χ1n) is 10.3. The van der Waals surface area contributed by atoms with E-state index < -0.39 is 0 Å². The number of piperazine rings is 1. The standard InChI is InChI=1S/C21H27N7O/c1-3-10-22-21(29)27-13-11-26(12-14-27)19-17-15-23-28(16-8-6-5-7-9-16)20(17)25-18(4-2)24-19/h5-9,15H,3-4,10-14H2,1-2H3,(H,22,29). The maximum Gasteiger partial charge on any atom is 0.317 e. The van der Waals surface area contributed by atoms with Crippen molar-refractivity contribution in [1.29, 1.82) is 0 Å². The Hall–Kier alpha value is -3.16. The molecule has 0 radical (unpaired) electrons. The van der Waals surface area contributed by atoms with Crippen LogP contribution in [0.15, 0.2) is 36.5 Å². The molecule has 0 atom stereocenters. The monoisotopic (exact) mass is 393 g/mol. The van der Waals surface area contributed by atoms with Crippen LogP contribution >= 0.6 is 0 Å². The van der Waals surface area contributed by atoms with Crippen LogP contribution in [-0.4, -0.2) is 63.4 Å². The van der Waals surface area contributed by atoms with E-state index in [1.807, 2.05) is 46.1 Å². The van der Waals surface area contributed by atoms with Crippen molar-refractivity contribution in [3.05, 3.63) is 42.4 Å². The molecule has 1 aliphatic rings. The second-order valence-electron chi connectivity index (χ2n) is 7.15. The molecule has 152 valence electrons. The number of amides is 2. The highest BCUT2D eigenvalue weighted by Crippen LogP contribution is 2.26. The van der Waals surface area contributed by atoms with Gasteiger partial charge in [-0.25, -0.2) is 19.4 Å². The molecule has 0 bridgehead atoms. The quantitative estimate of drug-likeness (QED) is 0.721. The maximum absolute atomic E-state index is 12.2. The molecule has 1 saturated heterocycles. The van der Waals surface area contributed by atoms with Gasteiger partial charge in [-0.3, -0.25) is 0 Å². The first kappa shape index (κ1) is 19.2. The summed E-state index contributed by atoms with van der Waals surface area (Å²) in [6.45, 7) is 7.66. The summed E-state index contributed by atoms with van der Waals surface area (Å²) >= 11 is 0. The number of para-hydroxylation sites is 1. The van der Waals surface area contributed by atoms with Crippen LogP contribution < -0.4 is 10.2 Å². The van der Waals surface area contributed by atoms with E-state index >= 15 is 0 Å². The van der Waals surface area contributed by atoms with E-state index in [0.29, 0.717) is 19.6 Å². The highest BCUT2D eigenvalue weighted by Gasteiger charge is 2.24. The molecular weight excluding hydrogens is 366 g/mol. The van der Waals surface area contributed by atoms with Gasteiger partial charge in [-0.05, 0) is 18.6 Å². The van der Waals surface area contributed by atoms with E-state index in [2.05, 4.69) is 29.2 Å². The highest BCUT2D eigenvalue weighted by atomic mass is 16.2. The van der Waals surface area contributed by atoms with Crippen LogP contribution in [0.3, 0.4) is 0 Å². The molecule has 8 nitrogen and oxygen atoms in total. The summed E-state index contributed by atoms with van der Waals surface area (Å²) in [7, 11) is 0. The number of anilines is 1. The lowest BCUT2D eigenvalue weighted by Crippen LogP contribution is -2.52. The Morgan fingerprint density at radius 2 is 1.83 bits per heavy atom. The third-order valence-corrected chi connectivity index (χ3v) is 5.16. The molecule has 0 spiro atoms. The van der Waals surface area contributed by atoms with Crippen molar-refractivity contribution in [2.75, 3.05) is 37.6 Å². The summed E-state index contributed by atoms with van der Waals surface area (Å²) in [6.07, 6.45) is 3.54. The van der Waals surface area contributed by atoms with Crippen molar-refractivity contribution in [2.24, 2.45) is 0 Å². The largest absolute Gasteiger partial charge is 0.352 e. The minimum atomic E-state index is 0.0190. The average molecular weight is 393 g/mol. The molecule has 1 aromatic carbocycles. The van der Waals surface area contributed by atoms with Crippen LogP contribution in [-0.2, 0) is 6.42 Å². The number of nitrogens with zero attached hydrogens (tertiary/aromatic N) is 6. The Balaban J connectivity index is 1.61. The van der Waals surface area contributed by atoms with Crippen LogP contribution in [0.25, 0.3) is 16.7 Å². The predicted octanol–water partition coefficient (Wildman–Crippen LogP) is 2.62. The molecule has 29 heavy (non-hydrogen) atoms. The molecule has 2 aromatic heterocycles. The Morgan fingerprint density at radius 3 is 2.52 bits per heavy atom. The summed E-state index contributed by atoms with van der Waals surface area (Å²) in [6, 6.07) is 10.0. The number of hydrogen-bond donors (Lipinski definition) is 1. The fourth-order valence-corrected chi connectivity index (χ4v) is 3.56. The molecule has 2 amide bonds. The molecule has 1 fully saturated rings. The number of aryl methyl sites for hydroxylation is 1. The van der Waals surface area contributed by atoms with Gasteiger partial charge in [0.1, 0.15) is 11.6 Å². The number of nitrogens with one attached hydrogen (secondary N) is 1. The van der Waals surface area contributed by atoms with Gasteiger partial charge >= 0.3 is 6.03 Å². The van der Waals surface area contributed by atoms with Gasteiger partial charge in [-0.1, -0.05) is 32.0 Å². The zero-order valence-electron chi connectivity index (χ0n) is 17.0. The van der Waals surface area contributed by atoms with Crippen LogP contribution in [0.2, 0.25) is 0 Å². The number of urea groups is 1. The molecule has 8 heteroatoms. The van der Waals surface area contributed by atoms with Gasteiger partial charge in [0, 0.05) is 39.1 Å². The van der Waals surface area contributed by atoms with Crippen molar-refractivity contribution in [1.82, 2.24) is 30.0 Å². The molecule has 0 aliphatic carbocycles. The van der Waals surface area contributed by atoms with E-state index in [-0.39, 0.29) is 6.03 Å². The normalized spacial score (nSPS) is 14.4. The van der Waals surface area contributed by atoms with Crippen molar-refractivity contribution in [3.8, 4) is 5.69 Å². The van der Waals surface area contributed by atoms with Gasteiger partial charge in [-0.2, -0.15) is 5.10 Å². The van der Waals surface area contributed by atoms with E-state index in [9.17, 15) is 4.79 Å². The summed E-state index contributed by atoms with van der Waals surface area (Å²) in [5.74, 6) is 1.70. The summed E-state index contributed by atoms with van der Waals surface area (Å²) in [5, 5.41) is 8.48. The zero-order chi connectivity index (χ0) is 20.2. The van der Waals surface area contributed by atoms with Gasteiger partial charge in [0.25, 0.3) is 0 Å². The Labute approximate surface area is 170 Å².